The molecule has 4 aromatic rings. The van der Waals surface area contributed by atoms with E-state index in [4.69, 9.17) is 0 Å². The number of thioether (sulfide) groups is 1. The van der Waals surface area contributed by atoms with Crippen molar-refractivity contribution < 1.29 is 4.79 Å². The molecule has 2 aromatic carbocycles. The molecule has 152 valence electrons. The molecule has 4 rings (SSSR count). The average molecular weight is 421 g/mol. The lowest BCUT2D eigenvalue weighted by Gasteiger charge is -2.09. The van der Waals surface area contributed by atoms with Gasteiger partial charge in [0.05, 0.1) is 11.4 Å². The topological polar surface area (TPSA) is 103 Å². The Morgan fingerprint density at radius 3 is 2.77 bits per heavy atom. The van der Waals surface area contributed by atoms with Crippen molar-refractivity contribution in [3.63, 3.8) is 0 Å². The van der Waals surface area contributed by atoms with Crippen molar-refractivity contribution in [3.05, 3.63) is 60.4 Å². The third-order valence-corrected chi connectivity index (χ3v) is 5.46. The summed E-state index contributed by atoms with van der Waals surface area (Å²) >= 11 is 1.36. The van der Waals surface area contributed by atoms with Crippen LogP contribution in [0.25, 0.3) is 17.1 Å². The lowest BCUT2D eigenvalue weighted by molar-refractivity contribution is -0.113. The van der Waals surface area contributed by atoms with E-state index in [0.29, 0.717) is 17.4 Å². The van der Waals surface area contributed by atoms with Gasteiger partial charge in [0.15, 0.2) is 11.0 Å². The number of nitrogens with zero attached hydrogens (tertiary/aromatic N) is 7. The largest absolute Gasteiger partial charge is 0.325 e. The predicted molar refractivity (Wildman–Crippen MR) is 114 cm³/mol. The molecule has 0 atom stereocenters. The number of carbonyl (C=O) groups excluding carboxylic acids is 1. The maximum absolute atomic E-state index is 12.5. The monoisotopic (exact) mass is 420 g/mol. The fourth-order valence-corrected chi connectivity index (χ4v) is 3.84. The van der Waals surface area contributed by atoms with Gasteiger partial charge in [-0.1, -0.05) is 42.1 Å². The molecule has 0 fully saturated rings. The van der Waals surface area contributed by atoms with Crippen LogP contribution in [-0.2, 0) is 11.3 Å². The van der Waals surface area contributed by atoms with E-state index < -0.39 is 0 Å². The Morgan fingerprint density at radius 2 is 2.00 bits per heavy atom. The Kier molecular flexibility index (Phi) is 5.84. The van der Waals surface area contributed by atoms with Gasteiger partial charge in [-0.15, -0.1) is 15.3 Å². The van der Waals surface area contributed by atoms with Gasteiger partial charge in [-0.2, -0.15) is 0 Å². The van der Waals surface area contributed by atoms with Crippen LogP contribution < -0.4 is 5.32 Å². The maximum atomic E-state index is 12.5. The first kappa shape index (κ1) is 19.8. The van der Waals surface area contributed by atoms with E-state index in [-0.39, 0.29) is 11.7 Å². The van der Waals surface area contributed by atoms with Crippen LogP contribution in [-0.4, -0.2) is 46.6 Å². The summed E-state index contributed by atoms with van der Waals surface area (Å²) in [6.07, 6.45) is 1.50. The molecule has 0 unspecified atom stereocenters. The van der Waals surface area contributed by atoms with Crippen LogP contribution in [0.1, 0.15) is 12.5 Å². The fraction of sp³-hybridized carbons (Fsp3) is 0.200. The van der Waals surface area contributed by atoms with E-state index in [9.17, 15) is 4.79 Å². The minimum absolute atomic E-state index is 0.128. The highest BCUT2D eigenvalue weighted by atomic mass is 32.2. The van der Waals surface area contributed by atoms with Gasteiger partial charge in [-0.25, -0.2) is 4.68 Å². The molecule has 0 aliphatic heterocycles. The second-order valence-corrected chi connectivity index (χ2v) is 7.45. The number of amides is 1. The van der Waals surface area contributed by atoms with Gasteiger partial charge < -0.3 is 9.88 Å². The van der Waals surface area contributed by atoms with Gasteiger partial charge in [-0.05, 0) is 48.0 Å². The molecule has 0 saturated carbocycles. The van der Waals surface area contributed by atoms with E-state index in [1.165, 1.54) is 22.8 Å². The summed E-state index contributed by atoms with van der Waals surface area (Å²) in [6.45, 7) is 4.81. The third kappa shape index (κ3) is 4.23. The Bertz CT molecular complexity index is 1160. The molecule has 0 aliphatic rings. The van der Waals surface area contributed by atoms with Crippen molar-refractivity contribution in [3.8, 4) is 17.1 Å². The fourth-order valence-electron chi connectivity index (χ4n) is 3.04. The number of benzene rings is 2. The number of carbonyl (C=O) groups is 1. The molecule has 9 nitrogen and oxygen atoms in total. The highest BCUT2D eigenvalue weighted by molar-refractivity contribution is 7.99. The maximum Gasteiger partial charge on any atom is 0.234 e. The van der Waals surface area contributed by atoms with Gasteiger partial charge in [0.1, 0.15) is 6.33 Å². The zero-order chi connectivity index (χ0) is 20.9. The second-order valence-electron chi connectivity index (χ2n) is 6.51. The number of anilines is 1. The first-order chi connectivity index (χ1) is 14.7. The van der Waals surface area contributed by atoms with E-state index in [0.717, 1.165) is 22.6 Å². The van der Waals surface area contributed by atoms with Crippen LogP contribution in [0.3, 0.4) is 0 Å². The number of nitrogens with one attached hydrogen (secondary N) is 1. The standard InChI is InChI=1S/C20H20N8OS/c1-3-27-19(17-10-5-4-7-14(17)2)23-24-20(27)30-12-18(29)22-15-8-6-9-16(11-15)28-13-21-25-26-28/h4-11,13H,3,12H2,1-2H3,(H,22,29). The summed E-state index contributed by atoms with van der Waals surface area (Å²) in [5, 5.41) is 23.4. The number of tetrazole rings is 1. The van der Waals surface area contributed by atoms with Crippen molar-refractivity contribution in [2.75, 3.05) is 11.1 Å². The Balaban J connectivity index is 1.44. The number of aromatic nitrogens is 7. The van der Waals surface area contributed by atoms with Gasteiger partial charge in [0.2, 0.25) is 5.91 Å². The van der Waals surface area contributed by atoms with E-state index in [1.807, 2.05) is 66.9 Å². The van der Waals surface area contributed by atoms with E-state index in [2.05, 4.69) is 31.0 Å². The molecule has 30 heavy (non-hydrogen) atoms. The van der Waals surface area contributed by atoms with Gasteiger partial charge >= 0.3 is 0 Å². The average Bonchev–Trinajstić information content (AvgIpc) is 3.43. The van der Waals surface area contributed by atoms with Gasteiger partial charge in [0.25, 0.3) is 0 Å². The summed E-state index contributed by atoms with van der Waals surface area (Å²) in [5.74, 6) is 0.908. The highest BCUT2D eigenvalue weighted by Gasteiger charge is 2.16. The minimum Gasteiger partial charge on any atom is -0.325 e. The van der Waals surface area contributed by atoms with E-state index >= 15 is 0 Å². The van der Waals surface area contributed by atoms with Crippen LogP contribution in [0.5, 0.6) is 0 Å². The van der Waals surface area contributed by atoms with Crippen molar-refractivity contribution in [2.24, 2.45) is 0 Å². The lowest BCUT2D eigenvalue weighted by Crippen LogP contribution is -2.15. The molecule has 0 radical (unpaired) electrons. The highest BCUT2D eigenvalue weighted by Crippen LogP contribution is 2.26. The second kappa shape index (κ2) is 8.87. The molecule has 0 spiro atoms. The van der Waals surface area contributed by atoms with Crippen LogP contribution in [0.4, 0.5) is 5.69 Å². The zero-order valence-corrected chi connectivity index (χ0v) is 17.4. The Morgan fingerprint density at radius 1 is 1.13 bits per heavy atom. The smallest absolute Gasteiger partial charge is 0.234 e. The summed E-state index contributed by atoms with van der Waals surface area (Å²) in [5.41, 5.74) is 3.61. The molecule has 2 heterocycles. The van der Waals surface area contributed by atoms with Crippen LogP contribution in [0.15, 0.2) is 60.0 Å². The van der Waals surface area contributed by atoms with Crippen molar-refractivity contribution in [2.45, 2.75) is 25.5 Å². The molecule has 2 aromatic heterocycles. The summed E-state index contributed by atoms with van der Waals surface area (Å²) in [4.78, 5) is 12.5. The number of hydrogen-bond acceptors (Lipinski definition) is 7. The van der Waals surface area contributed by atoms with Crippen LogP contribution in [0, 0.1) is 6.92 Å². The quantitative estimate of drug-likeness (QED) is 0.458. The normalized spacial score (nSPS) is 10.9. The summed E-state index contributed by atoms with van der Waals surface area (Å²) in [6, 6.07) is 15.4. The molecule has 0 bridgehead atoms. The lowest BCUT2D eigenvalue weighted by atomic mass is 10.1. The molecule has 1 amide bonds. The van der Waals surface area contributed by atoms with Gasteiger partial charge in [0, 0.05) is 17.8 Å². The molecule has 10 heteroatoms. The van der Waals surface area contributed by atoms with Crippen molar-refractivity contribution >= 4 is 23.4 Å². The van der Waals surface area contributed by atoms with Gasteiger partial charge in [-0.3, -0.25) is 4.79 Å². The Labute approximate surface area is 177 Å². The minimum atomic E-state index is -0.128. The molecular weight excluding hydrogens is 400 g/mol. The predicted octanol–water partition coefficient (Wildman–Crippen LogP) is 2.98. The van der Waals surface area contributed by atoms with Crippen molar-refractivity contribution in [1.82, 2.24) is 35.0 Å². The number of hydrogen-bond donors (Lipinski definition) is 1. The van der Waals surface area contributed by atoms with E-state index in [1.54, 1.807) is 0 Å². The Hall–Kier alpha value is -3.53. The molecule has 0 aliphatic carbocycles. The molecule has 0 saturated heterocycles. The summed E-state index contributed by atoms with van der Waals surface area (Å²) < 4.78 is 3.56. The number of aryl methyl sites for hydroxylation is 1. The zero-order valence-electron chi connectivity index (χ0n) is 16.6. The van der Waals surface area contributed by atoms with Crippen LogP contribution >= 0.6 is 11.8 Å². The molecular formula is C20H20N8OS. The molecule has 1 N–H and O–H groups in total. The number of rotatable bonds is 7. The third-order valence-electron chi connectivity index (χ3n) is 4.49. The first-order valence-electron chi connectivity index (χ1n) is 9.41. The first-order valence-corrected chi connectivity index (χ1v) is 10.4. The van der Waals surface area contributed by atoms with Crippen molar-refractivity contribution in [1.29, 1.82) is 0 Å². The van der Waals surface area contributed by atoms with Crippen LogP contribution in [0.2, 0.25) is 0 Å². The summed E-state index contributed by atoms with van der Waals surface area (Å²) in [7, 11) is 0. The SMILES string of the molecule is CCn1c(SCC(=O)Nc2cccc(-n3cnnn3)c2)nnc1-c1ccccc1C.